The number of nitrogens with one attached hydrogen (secondary N) is 1. The number of hydrogen-bond acceptors (Lipinski definition) is 5. The Hall–Kier alpha value is -3.26. The fourth-order valence-corrected chi connectivity index (χ4v) is 3.90. The van der Waals surface area contributed by atoms with Gasteiger partial charge >= 0.3 is 0 Å². The van der Waals surface area contributed by atoms with Crippen molar-refractivity contribution < 1.29 is 14.7 Å². The van der Waals surface area contributed by atoms with Gasteiger partial charge < -0.3 is 15.3 Å². The number of carbonyl (C=O) groups is 2. The second-order valence-corrected chi connectivity index (χ2v) is 7.54. The number of piperidine rings is 1. The number of carboxylic acid groups (broad SMARTS) is 1. The van der Waals surface area contributed by atoms with Crippen molar-refractivity contribution in [3.63, 3.8) is 0 Å². The number of aromatic nitrogens is 3. The number of amides is 1. The van der Waals surface area contributed by atoms with Crippen molar-refractivity contribution in [3.8, 4) is 11.1 Å². The van der Waals surface area contributed by atoms with Crippen LogP contribution < -0.4 is 5.32 Å². The van der Waals surface area contributed by atoms with E-state index in [1.807, 2.05) is 50.2 Å². The molecule has 30 heavy (non-hydrogen) atoms. The molecule has 1 atom stereocenters. The molecule has 2 N–H and O–H groups in total. The zero-order valence-corrected chi connectivity index (χ0v) is 17.5. The maximum Gasteiger partial charge on any atom is 0.290 e. The summed E-state index contributed by atoms with van der Waals surface area (Å²) in [6.45, 7) is 5.51. The Morgan fingerprint density at radius 1 is 1.27 bits per heavy atom. The van der Waals surface area contributed by atoms with Crippen LogP contribution >= 0.6 is 0 Å². The first-order valence-corrected chi connectivity index (χ1v) is 9.94. The number of benzene rings is 1. The molecule has 158 valence electrons. The Bertz CT molecular complexity index is 1030. The number of aryl methyl sites for hydroxylation is 2. The zero-order valence-electron chi connectivity index (χ0n) is 17.5. The summed E-state index contributed by atoms with van der Waals surface area (Å²) in [7, 11) is 2.07. The van der Waals surface area contributed by atoms with Crippen molar-refractivity contribution in [1.29, 1.82) is 0 Å². The van der Waals surface area contributed by atoms with Crippen LogP contribution in [0.5, 0.6) is 0 Å². The molecule has 1 aliphatic rings. The minimum atomic E-state index is -0.250. The molecule has 1 aromatic carbocycles. The number of hydrogen-bond donors (Lipinski definition) is 2. The minimum absolute atomic E-state index is 0.00689. The summed E-state index contributed by atoms with van der Waals surface area (Å²) < 4.78 is 1.76. The lowest BCUT2D eigenvalue weighted by atomic mass is 9.97. The molecule has 1 amide bonds. The molecule has 1 unspecified atom stereocenters. The number of anilines is 1. The second kappa shape index (κ2) is 9.49. The summed E-state index contributed by atoms with van der Waals surface area (Å²) in [4.78, 5) is 28.3. The van der Waals surface area contributed by atoms with Gasteiger partial charge in [0.05, 0.1) is 17.3 Å². The van der Waals surface area contributed by atoms with Crippen LogP contribution in [0.4, 0.5) is 5.82 Å². The molecule has 0 aliphatic carbocycles. The van der Waals surface area contributed by atoms with Crippen molar-refractivity contribution in [2.45, 2.75) is 26.7 Å². The first kappa shape index (κ1) is 21.4. The van der Waals surface area contributed by atoms with Crippen LogP contribution in [0.25, 0.3) is 16.8 Å². The predicted molar refractivity (Wildman–Crippen MR) is 115 cm³/mol. The summed E-state index contributed by atoms with van der Waals surface area (Å²) in [5.41, 5.74) is 4.45. The van der Waals surface area contributed by atoms with E-state index in [1.54, 1.807) is 4.52 Å². The molecular weight excluding hydrogens is 382 g/mol. The average Bonchev–Trinajstić information content (AvgIpc) is 3.09. The van der Waals surface area contributed by atoms with Gasteiger partial charge in [-0.1, -0.05) is 30.3 Å². The average molecular weight is 409 g/mol. The fraction of sp³-hybridized carbons (Fsp3) is 0.364. The zero-order chi connectivity index (χ0) is 21.7. The Morgan fingerprint density at radius 3 is 2.63 bits per heavy atom. The lowest BCUT2D eigenvalue weighted by Gasteiger charge is -2.29. The van der Waals surface area contributed by atoms with E-state index in [4.69, 9.17) is 14.9 Å². The molecule has 0 bridgehead atoms. The third-order valence-corrected chi connectivity index (χ3v) is 5.20. The summed E-state index contributed by atoms with van der Waals surface area (Å²) in [5, 5.41) is 14.7. The Morgan fingerprint density at radius 2 is 1.97 bits per heavy atom. The first-order chi connectivity index (χ1) is 14.4. The van der Waals surface area contributed by atoms with Crippen LogP contribution in [-0.4, -0.2) is 57.1 Å². The quantitative estimate of drug-likeness (QED) is 0.645. The van der Waals surface area contributed by atoms with Crippen LogP contribution in [0.15, 0.2) is 36.4 Å². The molecule has 0 radical (unpaired) electrons. The Kier molecular flexibility index (Phi) is 6.79. The molecule has 8 heteroatoms. The highest BCUT2D eigenvalue weighted by molar-refractivity contribution is 5.96. The molecule has 2 aromatic heterocycles. The molecule has 3 aromatic rings. The molecule has 3 heterocycles. The third-order valence-electron chi connectivity index (χ3n) is 5.20. The first-order valence-electron chi connectivity index (χ1n) is 9.94. The standard InChI is InChI=1S/C21H25N5O.CH2O2/c1-14-12-18-22-15(2)19(16-8-5-4-6-9-16)20(26(18)24-14)23-21(27)17-10-7-11-25(3)13-17;2-1-3/h4-6,8-9,12,17H,7,10-11,13H2,1-3H3,(H,23,27);1H,(H,2,3). The fourth-order valence-electron chi connectivity index (χ4n) is 3.90. The summed E-state index contributed by atoms with van der Waals surface area (Å²) >= 11 is 0. The normalized spacial score (nSPS) is 16.6. The van der Waals surface area contributed by atoms with E-state index in [-0.39, 0.29) is 18.3 Å². The highest BCUT2D eigenvalue weighted by Crippen LogP contribution is 2.32. The molecule has 4 rings (SSSR count). The van der Waals surface area contributed by atoms with Crippen molar-refractivity contribution in [2.24, 2.45) is 5.92 Å². The molecular formula is C22H27N5O3. The summed E-state index contributed by atoms with van der Waals surface area (Å²) in [6.07, 6.45) is 1.97. The molecule has 1 aliphatic heterocycles. The predicted octanol–water partition coefficient (Wildman–Crippen LogP) is 2.99. The van der Waals surface area contributed by atoms with Gasteiger partial charge in [0.1, 0.15) is 5.82 Å². The van der Waals surface area contributed by atoms with E-state index in [1.165, 1.54) is 0 Å². The number of nitrogens with zero attached hydrogens (tertiary/aromatic N) is 4. The second-order valence-electron chi connectivity index (χ2n) is 7.54. The van der Waals surface area contributed by atoms with Crippen LogP contribution in [0.2, 0.25) is 0 Å². The lowest BCUT2D eigenvalue weighted by molar-refractivity contribution is -0.123. The van der Waals surface area contributed by atoms with Crippen LogP contribution in [0.1, 0.15) is 24.2 Å². The van der Waals surface area contributed by atoms with Gasteiger partial charge in [0.2, 0.25) is 5.91 Å². The van der Waals surface area contributed by atoms with E-state index < -0.39 is 0 Å². The number of likely N-dealkylation sites (tertiary alicyclic amines) is 1. The Balaban J connectivity index is 0.000000806. The van der Waals surface area contributed by atoms with Gasteiger partial charge in [-0.3, -0.25) is 9.59 Å². The lowest BCUT2D eigenvalue weighted by Crippen LogP contribution is -2.38. The molecule has 0 spiro atoms. The third kappa shape index (κ3) is 4.65. The van der Waals surface area contributed by atoms with Gasteiger partial charge in [-0.2, -0.15) is 9.61 Å². The maximum atomic E-state index is 13.1. The monoisotopic (exact) mass is 409 g/mol. The van der Waals surface area contributed by atoms with E-state index in [0.29, 0.717) is 5.82 Å². The van der Waals surface area contributed by atoms with Gasteiger partial charge in [-0.15, -0.1) is 0 Å². The van der Waals surface area contributed by atoms with Gasteiger partial charge in [-0.05, 0) is 45.8 Å². The van der Waals surface area contributed by atoms with Gasteiger partial charge in [-0.25, -0.2) is 4.98 Å². The highest BCUT2D eigenvalue weighted by Gasteiger charge is 2.26. The van der Waals surface area contributed by atoms with Crippen LogP contribution in [0, 0.1) is 19.8 Å². The van der Waals surface area contributed by atoms with Crippen molar-refractivity contribution in [3.05, 3.63) is 47.8 Å². The van der Waals surface area contributed by atoms with Gasteiger partial charge in [0.25, 0.3) is 6.47 Å². The van der Waals surface area contributed by atoms with Crippen LogP contribution in [0.3, 0.4) is 0 Å². The largest absolute Gasteiger partial charge is 0.483 e. The summed E-state index contributed by atoms with van der Waals surface area (Å²) in [5.74, 6) is 0.751. The van der Waals surface area contributed by atoms with Crippen LogP contribution in [-0.2, 0) is 9.59 Å². The van der Waals surface area contributed by atoms with E-state index in [0.717, 1.165) is 54.1 Å². The van der Waals surface area contributed by atoms with Crippen molar-refractivity contribution >= 4 is 23.8 Å². The van der Waals surface area contributed by atoms with Crippen molar-refractivity contribution in [1.82, 2.24) is 19.5 Å². The number of carbonyl (C=O) groups excluding carboxylic acids is 1. The minimum Gasteiger partial charge on any atom is -0.483 e. The Labute approximate surface area is 175 Å². The number of fused-ring (bicyclic) bond motifs is 1. The molecule has 1 saturated heterocycles. The maximum absolute atomic E-state index is 13.1. The number of rotatable bonds is 3. The topological polar surface area (TPSA) is 99.8 Å². The van der Waals surface area contributed by atoms with E-state index >= 15 is 0 Å². The molecule has 1 fully saturated rings. The van der Waals surface area contributed by atoms with E-state index in [9.17, 15) is 4.79 Å². The molecule has 8 nitrogen and oxygen atoms in total. The van der Waals surface area contributed by atoms with Gasteiger partial charge in [0.15, 0.2) is 5.65 Å². The smallest absolute Gasteiger partial charge is 0.290 e. The van der Waals surface area contributed by atoms with Crippen molar-refractivity contribution in [2.75, 3.05) is 25.5 Å². The highest BCUT2D eigenvalue weighted by atomic mass is 16.3. The van der Waals surface area contributed by atoms with E-state index in [2.05, 4.69) is 22.4 Å². The van der Waals surface area contributed by atoms with Gasteiger partial charge in [0, 0.05) is 18.2 Å². The SMILES string of the molecule is Cc1cc2nc(C)c(-c3ccccc3)c(NC(=O)C3CCCN(C)C3)n2n1.O=CO. The summed E-state index contributed by atoms with van der Waals surface area (Å²) in [6, 6.07) is 12.0. The molecule has 0 saturated carbocycles.